The number of nitrogens with one attached hydrogen (secondary N) is 1. The van der Waals surface area contributed by atoms with Crippen LogP contribution in [0.15, 0.2) is 58.5 Å². The smallest absolute Gasteiger partial charge is 0.266 e. The molecule has 0 unspecified atom stereocenters. The molecular formula is C15H14N2OS. The molecule has 1 amide bonds. The van der Waals surface area contributed by atoms with Gasteiger partial charge in [0.15, 0.2) is 0 Å². The molecule has 0 saturated carbocycles. The van der Waals surface area contributed by atoms with Crippen molar-refractivity contribution >= 4 is 29.5 Å². The van der Waals surface area contributed by atoms with Crippen LogP contribution in [0.5, 0.6) is 0 Å². The van der Waals surface area contributed by atoms with Gasteiger partial charge in [-0.15, -0.1) is 11.3 Å². The lowest BCUT2D eigenvalue weighted by molar-refractivity contribution is 0.0959. The Labute approximate surface area is 116 Å². The first-order valence-electron chi connectivity index (χ1n) is 5.86. The highest BCUT2D eigenvalue weighted by Crippen LogP contribution is 2.07. The van der Waals surface area contributed by atoms with Gasteiger partial charge in [-0.25, -0.2) is 5.43 Å². The quantitative estimate of drug-likeness (QED) is 0.669. The van der Waals surface area contributed by atoms with E-state index in [0.717, 1.165) is 11.1 Å². The van der Waals surface area contributed by atoms with E-state index >= 15 is 0 Å². The third-order valence-electron chi connectivity index (χ3n) is 2.37. The molecule has 0 fully saturated rings. The molecule has 1 aromatic carbocycles. The Hall–Kier alpha value is -2.20. The lowest BCUT2D eigenvalue weighted by atomic mass is 10.1. The van der Waals surface area contributed by atoms with Crippen molar-refractivity contribution in [1.82, 2.24) is 5.43 Å². The summed E-state index contributed by atoms with van der Waals surface area (Å²) in [5.74, 6) is -0.182. The Kier molecular flexibility index (Phi) is 4.64. The van der Waals surface area contributed by atoms with E-state index in [0.29, 0.717) is 4.88 Å². The molecular weight excluding hydrogens is 256 g/mol. The Morgan fingerprint density at radius 3 is 2.68 bits per heavy atom. The lowest BCUT2D eigenvalue weighted by Crippen LogP contribution is -2.16. The molecule has 1 N–H and O–H groups in total. The highest BCUT2D eigenvalue weighted by molar-refractivity contribution is 7.12. The van der Waals surface area contributed by atoms with Crippen LogP contribution >= 0.6 is 11.3 Å². The number of carbonyl (C=O) groups excluding carboxylic acids is 1. The van der Waals surface area contributed by atoms with Crippen molar-refractivity contribution in [2.75, 3.05) is 0 Å². The third kappa shape index (κ3) is 4.19. The summed E-state index contributed by atoms with van der Waals surface area (Å²) in [6.45, 7) is 1.94. The molecule has 0 aliphatic carbocycles. The van der Waals surface area contributed by atoms with Crippen molar-refractivity contribution in [3.8, 4) is 0 Å². The minimum absolute atomic E-state index is 0.182. The van der Waals surface area contributed by atoms with Gasteiger partial charge in [0.05, 0.1) is 11.1 Å². The normalized spacial score (nSPS) is 11.7. The zero-order chi connectivity index (χ0) is 13.5. The summed E-state index contributed by atoms with van der Waals surface area (Å²) >= 11 is 1.39. The van der Waals surface area contributed by atoms with Crippen LogP contribution in [-0.2, 0) is 0 Å². The molecule has 0 saturated heterocycles. The topological polar surface area (TPSA) is 41.5 Å². The van der Waals surface area contributed by atoms with Crippen LogP contribution in [-0.4, -0.2) is 12.1 Å². The fourth-order valence-electron chi connectivity index (χ4n) is 1.50. The molecule has 4 heteroatoms. The maximum absolute atomic E-state index is 11.6. The number of hydrogen-bond acceptors (Lipinski definition) is 3. The number of hydrazone groups is 1. The summed E-state index contributed by atoms with van der Waals surface area (Å²) in [7, 11) is 0. The predicted octanol–water partition coefficient (Wildman–Crippen LogP) is 3.57. The number of amides is 1. The molecule has 1 heterocycles. The lowest BCUT2D eigenvalue weighted by Gasteiger charge is -1.96. The molecule has 0 spiro atoms. The summed E-state index contributed by atoms with van der Waals surface area (Å²) in [4.78, 5) is 12.3. The Morgan fingerprint density at radius 2 is 2.00 bits per heavy atom. The zero-order valence-corrected chi connectivity index (χ0v) is 11.4. The van der Waals surface area contributed by atoms with Gasteiger partial charge in [-0.3, -0.25) is 4.79 Å². The number of thiophene rings is 1. The molecule has 0 aliphatic rings. The van der Waals surface area contributed by atoms with Crippen molar-refractivity contribution in [2.45, 2.75) is 6.92 Å². The monoisotopic (exact) mass is 270 g/mol. The molecule has 0 aliphatic heterocycles. The first-order chi connectivity index (χ1) is 9.25. The number of rotatable bonds is 4. The number of allylic oxidation sites excluding steroid dienone is 1. The fourth-order valence-corrected chi connectivity index (χ4v) is 2.12. The maximum atomic E-state index is 11.6. The van der Waals surface area contributed by atoms with E-state index in [-0.39, 0.29) is 5.91 Å². The van der Waals surface area contributed by atoms with E-state index in [1.807, 2.05) is 54.8 Å². The molecule has 2 aromatic rings. The third-order valence-corrected chi connectivity index (χ3v) is 3.24. The summed E-state index contributed by atoms with van der Waals surface area (Å²) in [6, 6.07) is 13.6. The van der Waals surface area contributed by atoms with Crippen LogP contribution in [0.25, 0.3) is 6.08 Å². The van der Waals surface area contributed by atoms with Gasteiger partial charge in [0.1, 0.15) is 0 Å². The van der Waals surface area contributed by atoms with E-state index in [9.17, 15) is 4.79 Å². The molecule has 19 heavy (non-hydrogen) atoms. The van der Waals surface area contributed by atoms with E-state index < -0.39 is 0 Å². The van der Waals surface area contributed by atoms with Crippen molar-refractivity contribution < 1.29 is 4.79 Å². The molecule has 3 nitrogen and oxygen atoms in total. The van der Waals surface area contributed by atoms with E-state index in [2.05, 4.69) is 10.5 Å². The molecule has 0 atom stereocenters. The molecule has 2 rings (SSSR count). The van der Waals surface area contributed by atoms with E-state index in [4.69, 9.17) is 0 Å². The standard InChI is InChI=1S/C15H14N2OS/c1-12(10-13-6-3-2-4-7-13)11-16-17-15(18)14-8-5-9-19-14/h2-11H,1H3,(H,17,18)/b12-10+,16-11-. The molecule has 0 radical (unpaired) electrons. The predicted molar refractivity (Wildman–Crippen MR) is 80.4 cm³/mol. The van der Waals surface area contributed by atoms with Gasteiger partial charge < -0.3 is 0 Å². The highest BCUT2D eigenvalue weighted by Gasteiger charge is 2.03. The fraction of sp³-hybridized carbons (Fsp3) is 0.0667. The van der Waals surface area contributed by atoms with Gasteiger partial charge in [-0.05, 0) is 29.5 Å². The summed E-state index contributed by atoms with van der Waals surface area (Å²) in [6.07, 6.45) is 3.64. The van der Waals surface area contributed by atoms with Gasteiger partial charge in [0.2, 0.25) is 0 Å². The first-order valence-corrected chi connectivity index (χ1v) is 6.74. The van der Waals surface area contributed by atoms with Gasteiger partial charge >= 0.3 is 0 Å². The summed E-state index contributed by atoms with van der Waals surface area (Å²) in [5, 5.41) is 5.80. The highest BCUT2D eigenvalue weighted by atomic mass is 32.1. The Balaban J connectivity index is 1.92. The van der Waals surface area contributed by atoms with Crippen LogP contribution in [0.3, 0.4) is 0 Å². The van der Waals surface area contributed by atoms with Gasteiger partial charge in [0.25, 0.3) is 5.91 Å². The second-order valence-corrected chi connectivity index (χ2v) is 4.92. The van der Waals surface area contributed by atoms with Gasteiger partial charge in [0, 0.05) is 0 Å². The summed E-state index contributed by atoms with van der Waals surface area (Å²) in [5.41, 5.74) is 4.58. The largest absolute Gasteiger partial charge is 0.281 e. The number of benzene rings is 1. The first kappa shape index (κ1) is 13.2. The van der Waals surface area contributed by atoms with E-state index in [1.54, 1.807) is 12.3 Å². The number of hydrogen-bond donors (Lipinski definition) is 1. The average molecular weight is 270 g/mol. The van der Waals surface area contributed by atoms with Crippen LogP contribution in [0.1, 0.15) is 22.2 Å². The molecule has 1 aromatic heterocycles. The molecule has 0 bridgehead atoms. The zero-order valence-electron chi connectivity index (χ0n) is 10.5. The van der Waals surface area contributed by atoms with Crippen LogP contribution in [0.4, 0.5) is 0 Å². The SMILES string of the molecule is CC(/C=N\NC(=O)c1cccs1)=C\c1ccccc1. The number of carbonyl (C=O) groups is 1. The Morgan fingerprint density at radius 1 is 1.21 bits per heavy atom. The minimum Gasteiger partial charge on any atom is -0.266 e. The summed E-state index contributed by atoms with van der Waals surface area (Å²) < 4.78 is 0. The number of nitrogens with zero attached hydrogens (tertiary/aromatic N) is 1. The van der Waals surface area contributed by atoms with Crippen LogP contribution in [0.2, 0.25) is 0 Å². The Bertz CT molecular complexity index is 586. The van der Waals surface area contributed by atoms with Gasteiger partial charge in [-0.1, -0.05) is 42.5 Å². The van der Waals surface area contributed by atoms with Crippen molar-refractivity contribution in [1.29, 1.82) is 0 Å². The van der Waals surface area contributed by atoms with Crippen LogP contribution in [0, 0.1) is 0 Å². The van der Waals surface area contributed by atoms with Crippen molar-refractivity contribution in [2.24, 2.45) is 5.10 Å². The van der Waals surface area contributed by atoms with Crippen molar-refractivity contribution in [3.05, 3.63) is 63.9 Å². The van der Waals surface area contributed by atoms with Gasteiger partial charge in [-0.2, -0.15) is 5.10 Å². The van der Waals surface area contributed by atoms with Crippen molar-refractivity contribution in [3.63, 3.8) is 0 Å². The maximum Gasteiger partial charge on any atom is 0.281 e. The van der Waals surface area contributed by atoms with Crippen LogP contribution < -0.4 is 5.43 Å². The van der Waals surface area contributed by atoms with E-state index in [1.165, 1.54) is 11.3 Å². The average Bonchev–Trinajstić information content (AvgIpc) is 2.93. The second-order valence-electron chi connectivity index (χ2n) is 3.98. The minimum atomic E-state index is -0.182. The second kappa shape index (κ2) is 6.66. The molecule has 96 valence electrons.